The second kappa shape index (κ2) is 6.48. The van der Waals surface area contributed by atoms with E-state index in [-0.39, 0.29) is 5.97 Å². The number of rotatable bonds is 5. The first-order chi connectivity index (χ1) is 6.74. The summed E-state index contributed by atoms with van der Waals surface area (Å²) in [7, 11) is 0. The lowest BCUT2D eigenvalue weighted by molar-refractivity contribution is -0.139. The van der Waals surface area contributed by atoms with Crippen LogP contribution >= 0.6 is 39.0 Å². The van der Waals surface area contributed by atoms with E-state index in [0.717, 1.165) is 10.2 Å². The average Bonchev–Trinajstić information content (AvgIpc) is 2.52. The molecule has 0 aromatic carbocycles. The van der Waals surface area contributed by atoms with Gasteiger partial charge in [0.05, 0.1) is 12.4 Å². The Labute approximate surface area is 100 Å². The lowest BCUT2D eigenvalue weighted by Crippen LogP contribution is -2.06. The molecule has 1 aromatic heterocycles. The Morgan fingerprint density at radius 2 is 2.50 bits per heavy atom. The molecule has 0 N–H and O–H groups in total. The fourth-order valence-corrected chi connectivity index (χ4v) is 3.54. The second-order valence-electron chi connectivity index (χ2n) is 2.49. The molecule has 0 aliphatic carbocycles. The predicted octanol–water partition coefficient (Wildman–Crippen LogP) is 3.31. The van der Waals surface area contributed by atoms with Crippen LogP contribution < -0.4 is 0 Å². The highest BCUT2D eigenvalue weighted by molar-refractivity contribution is 9.10. The molecule has 1 heterocycles. The third-order valence-corrected chi connectivity index (χ3v) is 4.49. The normalized spacial score (nSPS) is 10.1. The maximum Gasteiger partial charge on any atom is 0.315 e. The third-order valence-electron chi connectivity index (χ3n) is 1.45. The SMILES string of the molecule is CCOC(=O)CSCc1sccc1Br. The van der Waals surface area contributed by atoms with Gasteiger partial charge in [-0.15, -0.1) is 23.1 Å². The van der Waals surface area contributed by atoms with Crippen LogP contribution in [0.25, 0.3) is 0 Å². The van der Waals surface area contributed by atoms with E-state index in [0.29, 0.717) is 12.4 Å². The smallest absolute Gasteiger partial charge is 0.315 e. The van der Waals surface area contributed by atoms with Gasteiger partial charge in [-0.3, -0.25) is 4.79 Å². The van der Waals surface area contributed by atoms with Crippen molar-refractivity contribution in [1.82, 2.24) is 0 Å². The van der Waals surface area contributed by atoms with Gasteiger partial charge in [-0.2, -0.15) is 0 Å². The summed E-state index contributed by atoms with van der Waals surface area (Å²) in [6, 6.07) is 2.02. The predicted molar refractivity (Wildman–Crippen MR) is 64.8 cm³/mol. The van der Waals surface area contributed by atoms with Crippen molar-refractivity contribution in [1.29, 1.82) is 0 Å². The number of esters is 1. The van der Waals surface area contributed by atoms with Crippen LogP contribution in [-0.2, 0) is 15.3 Å². The van der Waals surface area contributed by atoms with Gasteiger partial charge in [0.15, 0.2) is 0 Å². The summed E-state index contributed by atoms with van der Waals surface area (Å²) in [5, 5.41) is 2.03. The fraction of sp³-hybridized carbons (Fsp3) is 0.444. The van der Waals surface area contributed by atoms with Crippen molar-refractivity contribution in [3.8, 4) is 0 Å². The number of carbonyl (C=O) groups is 1. The Morgan fingerprint density at radius 3 is 3.07 bits per heavy atom. The molecular formula is C9H11BrO2S2. The van der Waals surface area contributed by atoms with Crippen LogP contribution in [0.3, 0.4) is 0 Å². The zero-order valence-corrected chi connectivity index (χ0v) is 11.0. The first kappa shape index (κ1) is 12.1. The first-order valence-electron chi connectivity index (χ1n) is 4.19. The van der Waals surface area contributed by atoms with E-state index in [1.54, 1.807) is 23.1 Å². The van der Waals surface area contributed by atoms with Crippen LogP contribution in [0.5, 0.6) is 0 Å². The molecule has 1 aromatic rings. The summed E-state index contributed by atoms with van der Waals surface area (Å²) in [5.41, 5.74) is 0. The van der Waals surface area contributed by atoms with Gasteiger partial charge in [0.25, 0.3) is 0 Å². The number of thiophene rings is 1. The number of thioether (sulfide) groups is 1. The van der Waals surface area contributed by atoms with Gasteiger partial charge < -0.3 is 4.74 Å². The Morgan fingerprint density at radius 1 is 1.71 bits per heavy atom. The average molecular weight is 295 g/mol. The van der Waals surface area contributed by atoms with Gasteiger partial charge in [-0.25, -0.2) is 0 Å². The van der Waals surface area contributed by atoms with Crippen molar-refractivity contribution < 1.29 is 9.53 Å². The Bertz CT molecular complexity index is 299. The first-order valence-corrected chi connectivity index (χ1v) is 7.02. The minimum atomic E-state index is -0.134. The Hall–Kier alpha value is -0.000000000000000111. The second-order valence-corrected chi connectivity index (χ2v) is 5.33. The number of hydrogen-bond acceptors (Lipinski definition) is 4. The molecule has 0 amide bonds. The molecule has 0 aliphatic heterocycles. The van der Waals surface area contributed by atoms with Crippen molar-refractivity contribution in [3.63, 3.8) is 0 Å². The maximum atomic E-state index is 11.0. The number of ether oxygens (including phenoxy) is 1. The number of halogens is 1. The zero-order valence-electron chi connectivity index (χ0n) is 7.79. The van der Waals surface area contributed by atoms with Crippen LogP contribution in [0.4, 0.5) is 0 Å². The van der Waals surface area contributed by atoms with Crippen molar-refractivity contribution in [2.45, 2.75) is 12.7 Å². The van der Waals surface area contributed by atoms with E-state index in [4.69, 9.17) is 4.74 Å². The summed E-state index contributed by atoms with van der Waals surface area (Å²) in [6.45, 7) is 2.28. The molecule has 0 atom stereocenters. The zero-order chi connectivity index (χ0) is 10.4. The molecule has 5 heteroatoms. The molecule has 78 valence electrons. The van der Waals surface area contributed by atoms with E-state index in [1.165, 1.54) is 4.88 Å². The molecule has 0 aliphatic rings. The van der Waals surface area contributed by atoms with Crippen LogP contribution in [0.15, 0.2) is 15.9 Å². The maximum absolute atomic E-state index is 11.0. The van der Waals surface area contributed by atoms with Gasteiger partial charge in [0.1, 0.15) is 0 Å². The lowest BCUT2D eigenvalue weighted by Gasteiger charge is -2.00. The molecule has 0 bridgehead atoms. The van der Waals surface area contributed by atoms with E-state index >= 15 is 0 Å². The fourth-order valence-electron chi connectivity index (χ4n) is 0.858. The van der Waals surface area contributed by atoms with Gasteiger partial charge in [-0.1, -0.05) is 0 Å². The number of carbonyl (C=O) groups excluding carboxylic acids is 1. The van der Waals surface area contributed by atoms with E-state index in [1.807, 2.05) is 18.4 Å². The monoisotopic (exact) mass is 294 g/mol. The Kier molecular flexibility index (Phi) is 5.59. The molecule has 0 saturated heterocycles. The third kappa shape index (κ3) is 4.02. The minimum Gasteiger partial charge on any atom is -0.465 e. The molecule has 14 heavy (non-hydrogen) atoms. The molecule has 0 unspecified atom stereocenters. The van der Waals surface area contributed by atoms with Gasteiger partial charge in [-0.05, 0) is 34.3 Å². The van der Waals surface area contributed by atoms with Gasteiger partial charge >= 0.3 is 5.97 Å². The molecular weight excluding hydrogens is 284 g/mol. The molecule has 0 fully saturated rings. The van der Waals surface area contributed by atoms with E-state index in [9.17, 15) is 4.79 Å². The molecule has 2 nitrogen and oxygen atoms in total. The van der Waals surface area contributed by atoms with E-state index < -0.39 is 0 Å². The summed E-state index contributed by atoms with van der Waals surface area (Å²) in [5.74, 6) is 1.15. The number of hydrogen-bond donors (Lipinski definition) is 0. The molecule has 0 saturated carbocycles. The van der Waals surface area contributed by atoms with Gasteiger partial charge in [0, 0.05) is 15.1 Å². The highest BCUT2D eigenvalue weighted by Gasteiger charge is 2.04. The molecule has 0 spiro atoms. The quantitative estimate of drug-likeness (QED) is 0.780. The molecule has 1 rings (SSSR count). The van der Waals surface area contributed by atoms with Crippen LogP contribution in [0, 0.1) is 0 Å². The summed E-state index contributed by atoms with van der Waals surface area (Å²) in [6.07, 6.45) is 0. The van der Waals surface area contributed by atoms with Crippen molar-refractivity contribution in [2.75, 3.05) is 12.4 Å². The Balaban J connectivity index is 2.22. The van der Waals surface area contributed by atoms with Crippen molar-refractivity contribution >= 4 is 45.0 Å². The molecule has 0 radical (unpaired) electrons. The summed E-state index contributed by atoms with van der Waals surface area (Å²) in [4.78, 5) is 12.3. The minimum absolute atomic E-state index is 0.134. The topological polar surface area (TPSA) is 26.3 Å². The summed E-state index contributed by atoms with van der Waals surface area (Å²) >= 11 is 6.72. The largest absolute Gasteiger partial charge is 0.465 e. The van der Waals surface area contributed by atoms with Gasteiger partial charge in [0.2, 0.25) is 0 Å². The van der Waals surface area contributed by atoms with Crippen LogP contribution in [-0.4, -0.2) is 18.3 Å². The highest BCUT2D eigenvalue weighted by atomic mass is 79.9. The summed E-state index contributed by atoms with van der Waals surface area (Å²) < 4.78 is 5.95. The van der Waals surface area contributed by atoms with Crippen molar-refractivity contribution in [2.24, 2.45) is 0 Å². The van der Waals surface area contributed by atoms with E-state index in [2.05, 4.69) is 15.9 Å². The lowest BCUT2D eigenvalue weighted by atomic mass is 10.5. The van der Waals surface area contributed by atoms with Crippen LogP contribution in [0.1, 0.15) is 11.8 Å². The van der Waals surface area contributed by atoms with Crippen LogP contribution in [0.2, 0.25) is 0 Å². The highest BCUT2D eigenvalue weighted by Crippen LogP contribution is 2.26. The van der Waals surface area contributed by atoms with Crippen molar-refractivity contribution in [3.05, 3.63) is 20.8 Å². The standard InChI is InChI=1S/C9H11BrO2S2/c1-2-12-9(11)6-13-5-8-7(10)3-4-14-8/h3-4H,2,5-6H2,1H3.